The van der Waals surface area contributed by atoms with E-state index in [9.17, 15) is 30.0 Å². The number of esters is 1. The van der Waals surface area contributed by atoms with Gasteiger partial charge in [0.2, 0.25) is 0 Å². The number of ketones is 1. The van der Waals surface area contributed by atoms with Crippen LogP contribution in [0.15, 0.2) is 12.2 Å². The Kier molecular flexibility index (Phi) is 14.1. The summed E-state index contributed by atoms with van der Waals surface area (Å²) in [6, 6.07) is 0. The average Bonchev–Trinajstić information content (AvgIpc) is 3.06. The minimum absolute atomic E-state index is 0.110. The molecule has 0 aromatic rings. The molecule has 13 heteroatoms. The predicted octanol–water partition coefficient (Wildman–Crippen LogP) is 2.68. The Hall–Kier alpha value is -1.52. The first-order chi connectivity index (χ1) is 22.7. The van der Waals surface area contributed by atoms with Crippen LogP contribution in [0.1, 0.15) is 88.5 Å². The van der Waals surface area contributed by atoms with Gasteiger partial charge in [-0.25, -0.2) is 0 Å². The number of carbonyl (C=O) groups is 2. The fourth-order valence-electron chi connectivity index (χ4n) is 7.74. The van der Waals surface area contributed by atoms with Crippen molar-refractivity contribution in [3.8, 4) is 0 Å². The van der Waals surface area contributed by atoms with E-state index < -0.39 is 102 Å². The number of hydrogen-bond donors (Lipinski definition) is 4. The molecular weight excluding hydrogens is 640 g/mol. The van der Waals surface area contributed by atoms with E-state index in [2.05, 4.69) is 0 Å². The predicted molar refractivity (Wildman–Crippen MR) is 178 cm³/mol. The van der Waals surface area contributed by atoms with Crippen LogP contribution in [0.2, 0.25) is 0 Å². The zero-order valence-corrected chi connectivity index (χ0v) is 31.3. The second-order valence-electron chi connectivity index (χ2n) is 15.1. The maximum Gasteiger partial charge on any atom is 0.311 e. The molecule has 0 bridgehead atoms. The topological polar surface area (TPSA) is 180 Å². The Balaban J connectivity index is 2.19. The molecule has 2 saturated heterocycles. The molecule has 0 aromatic carbocycles. The van der Waals surface area contributed by atoms with Crippen LogP contribution < -0.4 is 0 Å². The number of carbonyl (C=O) groups excluding carboxylic acids is 2. The van der Waals surface area contributed by atoms with Gasteiger partial charge in [-0.15, -0.1) is 0 Å². The molecule has 3 aliphatic heterocycles. The summed E-state index contributed by atoms with van der Waals surface area (Å²) in [5.41, 5.74) is -4.22. The molecule has 2 fully saturated rings. The normalized spacial score (nSPS) is 49.3. The summed E-state index contributed by atoms with van der Waals surface area (Å²) >= 11 is 0. The smallest absolute Gasteiger partial charge is 0.311 e. The quantitative estimate of drug-likeness (QED) is 0.225. The van der Waals surface area contributed by atoms with Crippen molar-refractivity contribution < 1.29 is 63.2 Å². The van der Waals surface area contributed by atoms with Crippen molar-refractivity contribution in [2.75, 3.05) is 14.2 Å². The maximum absolute atomic E-state index is 14.1. The summed E-state index contributed by atoms with van der Waals surface area (Å²) in [4.78, 5) is 27.9. The van der Waals surface area contributed by atoms with Gasteiger partial charge in [0.15, 0.2) is 12.6 Å². The lowest BCUT2D eigenvalue weighted by Crippen LogP contribution is -2.60. The third kappa shape index (κ3) is 8.93. The molecule has 0 aromatic heterocycles. The van der Waals surface area contributed by atoms with E-state index in [-0.39, 0.29) is 31.1 Å². The Morgan fingerprint density at radius 1 is 0.837 bits per heavy atom. The minimum atomic E-state index is -1.96. The van der Waals surface area contributed by atoms with E-state index >= 15 is 0 Å². The van der Waals surface area contributed by atoms with Gasteiger partial charge in [0.25, 0.3) is 0 Å². The SMILES string of the molecule is CC[C@@H]1OC(=O)[C@H](C)[C@H](O[C@H]2C[C@@](C)(OC)[C@@H](O)[C@H](C)O2)[C@H](C)[C@@H](O[C@@H]2O[C@H](C)C=C[C@H]2O)[C@@](C)(OC)C[C@@H](C)C(=O)[C@@H](C)[C@@H](O)[C@]1(C)O. The molecule has 3 aliphatic rings. The van der Waals surface area contributed by atoms with Crippen LogP contribution in [-0.2, 0) is 42.7 Å². The van der Waals surface area contributed by atoms with Gasteiger partial charge in [-0.05, 0) is 54.4 Å². The highest BCUT2D eigenvalue weighted by Gasteiger charge is 2.53. The van der Waals surface area contributed by atoms with Crippen molar-refractivity contribution in [1.82, 2.24) is 0 Å². The van der Waals surface area contributed by atoms with Gasteiger partial charge in [-0.1, -0.05) is 39.8 Å². The number of cyclic esters (lactones) is 1. The lowest BCUT2D eigenvalue weighted by Gasteiger charge is -2.49. The summed E-state index contributed by atoms with van der Waals surface area (Å²) in [7, 11) is 2.99. The number of rotatable bonds is 7. The van der Waals surface area contributed by atoms with E-state index in [4.69, 9.17) is 33.2 Å². The molecule has 49 heavy (non-hydrogen) atoms. The van der Waals surface area contributed by atoms with Crippen molar-refractivity contribution in [3.63, 3.8) is 0 Å². The van der Waals surface area contributed by atoms with Gasteiger partial charge in [0, 0.05) is 38.4 Å². The Morgan fingerprint density at radius 3 is 2.02 bits per heavy atom. The molecule has 0 aliphatic carbocycles. The summed E-state index contributed by atoms with van der Waals surface area (Å²) in [6.07, 6.45) is -6.14. The third-order valence-electron chi connectivity index (χ3n) is 11.2. The highest BCUT2D eigenvalue weighted by Crippen LogP contribution is 2.41. The van der Waals surface area contributed by atoms with Gasteiger partial charge in [-0.2, -0.15) is 0 Å². The van der Waals surface area contributed by atoms with Gasteiger partial charge in [-0.3, -0.25) is 9.59 Å². The Morgan fingerprint density at radius 2 is 1.45 bits per heavy atom. The monoisotopic (exact) mass is 702 g/mol. The highest BCUT2D eigenvalue weighted by atomic mass is 16.7. The fraction of sp³-hybridized carbons (Fsp3) is 0.889. The number of aliphatic hydroxyl groups excluding tert-OH is 3. The first kappa shape index (κ1) is 41.9. The van der Waals surface area contributed by atoms with Crippen LogP contribution in [0.3, 0.4) is 0 Å². The summed E-state index contributed by atoms with van der Waals surface area (Å²) in [5, 5.41) is 44.7. The van der Waals surface area contributed by atoms with Crippen LogP contribution in [0.5, 0.6) is 0 Å². The van der Waals surface area contributed by atoms with Gasteiger partial charge < -0.3 is 53.6 Å². The molecule has 0 radical (unpaired) electrons. The average molecular weight is 703 g/mol. The van der Waals surface area contributed by atoms with Crippen molar-refractivity contribution >= 4 is 11.8 Å². The van der Waals surface area contributed by atoms with Gasteiger partial charge >= 0.3 is 5.97 Å². The molecule has 284 valence electrons. The molecular formula is C36H62O13. The molecule has 0 saturated carbocycles. The lowest BCUT2D eigenvalue weighted by atomic mass is 9.74. The van der Waals surface area contributed by atoms with Crippen molar-refractivity contribution in [2.24, 2.45) is 23.7 Å². The molecule has 3 rings (SSSR count). The van der Waals surface area contributed by atoms with E-state index in [0.717, 1.165) is 0 Å². The molecule has 0 amide bonds. The second kappa shape index (κ2) is 16.4. The molecule has 0 spiro atoms. The van der Waals surface area contributed by atoms with Crippen LogP contribution >= 0.6 is 0 Å². The number of ether oxygens (including phenoxy) is 7. The number of Topliss-reactive ketones (excluding diaryl/α,β-unsaturated/α-hetero) is 1. The number of methoxy groups -OCH3 is 2. The van der Waals surface area contributed by atoms with E-state index in [1.807, 2.05) is 13.8 Å². The second-order valence-corrected chi connectivity index (χ2v) is 15.1. The Labute approximate surface area is 291 Å². The largest absolute Gasteiger partial charge is 0.459 e. The van der Waals surface area contributed by atoms with Crippen molar-refractivity contribution in [2.45, 2.75) is 167 Å². The summed E-state index contributed by atoms with van der Waals surface area (Å²) < 4.78 is 43.2. The van der Waals surface area contributed by atoms with Crippen LogP contribution in [0.25, 0.3) is 0 Å². The van der Waals surface area contributed by atoms with Crippen LogP contribution in [0, 0.1) is 23.7 Å². The van der Waals surface area contributed by atoms with Crippen molar-refractivity contribution in [1.29, 1.82) is 0 Å². The number of aliphatic hydroxyl groups is 4. The Bertz CT molecular complexity index is 1150. The first-order valence-electron chi connectivity index (χ1n) is 17.6. The molecule has 13 nitrogen and oxygen atoms in total. The van der Waals surface area contributed by atoms with Crippen LogP contribution in [-0.4, -0.2) is 125 Å². The molecule has 4 N–H and O–H groups in total. The maximum atomic E-state index is 14.1. The third-order valence-corrected chi connectivity index (χ3v) is 11.2. The lowest BCUT2D eigenvalue weighted by molar-refractivity contribution is -0.310. The van der Waals surface area contributed by atoms with Gasteiger partial charge in [0.1, 0.15) is 29.7 Å². The van der Waals surface area contributed by atoms with Crippen LogP contribution in [0.4, 0.5) is 0 Å². The summed E-state index contributed by atoms with van der Waals surface area (Å²) in [5.74, 6) is -4.46. The first-order valence-corrected chi connectivity index (χ1v) is 17.6. The van der Waals surface area contributed by atoms with E-state index in [1.165, 1.54) is 21.1 Å². The molecule has 0 unspecified atom stereocenters. The fourth-order valence-corrected chi connectivity index (χ4v) is 7.74. The standard InChI is InChI=1S/C36H62O13/c1-13-25-36(10,42)29(39)20(4)27(38)18(2)16-35(9,44-12)31(49-33-24(37)15-14-19(3)45-33)21(5)28(22(6)32(41)47-25)48-26-17-34(8,43-11)30(40)23(7)46-26/h14-15,18-26,28-31,33,37,39-40,42H,13,16-17H2,1-12H3/t18-,19-,20-,21+,22-,23+,24-,25+,26+,28-,29-,30+,31-,33+,34-,35+,36-/m1/s1. The van der Waals surface area contributed by atoms with Gasteiger partial charge in [0.05, 0.1) is 47.6 Å². The molecule has 17 atom stereocenters. The zero-order chi connectivity index (χ0) is 37.2. The molecule has 3 heterocycles. The minimum Gasteiger partial charge on any atom is -0.459 e. The summed E-state index contributed by atoms with van der Waals surface area (Å²) in [6.45, 7) is 16.8. The highest BCUT2D eigenvalue weighted by molar-refractivity contribution is 5.83. The number of hydrogen-bond acceptors (Lipinski definition) is 13. The zero-order valence-electron chi connectivity index (χ0n) is 31.3. The van der Waals surface area contributed by atoms with Crippen molar-refractivity contribution in [3.05, 3.63) is 12.2 Å². The van der Waals surface area contributed by atoms with E-state index in [0.29, 0.717) is 0 Å². The van der Waals surface area contributed by atoms with E-state index in [1.54, 1.807) is 60.6 Å².